The van der Waals surface area contributed by atoms with E-state index in [1.807, 2.05) is 46.6 Å². The molecule has 0 fully saturated rings. The molecule has 0 saturated carbocycles. The molecule has 0 aromatic heterocycles. The van der Waals surface area contributed by atoms with Crippen molar-refractivity contribution >= 4 is 21.9 Å². The minimum absolute atomic E-state index is 0.0154. The maximum absolute atomic E-state index is 12.8. The van der Waals surface area contributed by atoms with Crippen LogP contribution in [0.2, 0.25) is 0 Å². The molecule has 7 nitrogen and oxygen atoms in total. The Morgan fingerprint density at radius 1 is 1.08 bits per heavy atom. The molecule has 0 radical (unpaired) electrons. The van der Waals surface area contributed by atoms with Gasteiger partial charge in [0, 0.05) is 18.9 Å². The predicted octanol–water partition coefficient (Wildman–Crippen LogP) is 1.85. The summed E-state index contributed by atoms with van der Waals surface area (Å²) in [6, 6.07) is -0.526. The van der Waals surface area contributed by atoms with Crippen molar-refractivity contribution in [3.63, 3.8) is 0 Å². The van der Waals surface area contributed by atoms with Gasteiger partial charge in [0.25, 0.3) is 10.1 Å². The third kappa shape index (κ3) is 8.78. The number of carbonyl (C=O) groups is 2. The van der Waals surface area contributed by atoms with Crippen molar-refractivity contribution in [1.29, 1.82) is 0 Å². The number of likely N-dealkylation sites (N-methyl/N-ethyl adjacent to an activating group) is 1. The fourth-order valence-electron chi connectivity index (χ4n) is 2.49. The lowest BCUT2D eigenvalue weighted by molar-refractivity contribution is -0.157. The van der Waals surface area contributed by atoms with Gasteiger partial charge >= 0.3 is 5.97 Å². The number of carbonyl (C=O) groups excluding carboxylic acids is 2. The normalized spacial score (nSPS) is 16.1. The summed E-state index contributed by atoms with van der Waals surface area (Å²) in [5.74, 6) is -0.957. The Hall–Kier alpha value is -0.990. The van der Waals surface area contributed by atoms with Crippen LogP contribution in [0.4, 0.5) is 0 Å². The van der Waals surface area contributed by atoms with Crippen molar-refractivity contribution in [2.45, 2.75) is 66.2 Å². The number of Topliss-reactive ketones (excluding diaryl/α,β-unsaturated/α-hetero) is 1. The molecule has 0 saturated heterocycles. The molecule has 0 amide bonds. The van der Waals surface area contributed by atoms with Crippen LogP contribution < -0.4 is 0 Å². The summed E-state index contributed by atoms with van der Waals surface area (Å²) in [7, 11) is -1.71. The van der Waals surface area contributed by atoms with Gasteiger partial charge < -0.3 is 4.74 Å². The van der Waals surface area contributed by atoms with E-state index in [0.29, 0.717) is 6.42 Å². The van der Waals surface area contributed by atoms with Crippen LogP contribution in [-0.4, -0.2) is 63.2 Å². The Balaban J connectivity index is 5.51. The Bertz CT molecular complexity index is 543. The number of nitrogens with zero attached hydrogens (tertiary/aromatic N) is 1. The summed E-state index contributed by atoms with van der Waals surface area (Å²) >= 11 is 0. The van der Waals surface area contributed by atoms with Crippen molar-refractivity contribution < 1.29 is 26.9 Å². The van der Waals surface area contributed by atoms with Crippen LogP contribution in [0.15, 0.2) is 0 Å². The SMILES string of the molecule is CC(=O)O[C@@H](C(C(=O)C(C)C)N(C)C(C)C)[C@H](C)CCOS(C)(=O)=O. The van der Waals surface area contributed by atoms with Crippen LogP contribution in [0, 0.1) is 11.8 Å². The summed E-state index contributed by atoms with van der Waals surface area (Å²) in [6.07, 6.45) is 0.653. The Kier molecular flexibility index (Phi) is 9.82. The first-order valence-electron chi connectivity index (χ1n) is 8.55. The summed E-state index contributed by atoms with van der Waals surface area (Å²) in [5, 5.41) is 0. The summed E-state index contributed by atoms with van der Waals surface area (Å²) < 4.78 is 32.5. The lowest BCUT2D eigenvalue weighted by atomic mass is 9.87. The van der Waals surface area contributed by atoms with E-state index in [1.54, 1.807) is 0 Å². The molecule has 0 aliphatic carbocycles. The second-order valence-electron chi connectivity index (χ2n) is 7.13. The van der Waals surface area contributed by atoms with E-state index < -0.39 is 28.2 Å². The van der Waals surface area contributed by atoms with Crippen molar-refractivity contribution in [2.24, 2.45) is 11.8 Å². The maximum atomic E-state index is 12.8. The smallest absolute Gasteiger partial charge is 0.302 e. The average molecular weight is 380 g/mol. The Morgan fingerprint density at radius 2 is 1.60 bits per heavy atom. The molecular formula is C17H33NO6S. The van der Waals surface area contributed by atoms with Gasteiger partial charge in [-0.3, -0.25) is 18.7 Å². The van der Waals surface area contributed by atoms with Crippen molar-refractivity contribution in [3.8, 4) is 0 Å². The zero-order valence-corrected chi connectivity index (χ0v) is 17.4. The fraction of sp³-hybridized carbons (Fsp3) is 0.882. The van der Waals surface area contributed by atoms with E-state index in [0.717, 1.165) is 6.26 Å². The molecule has 1 unspecified atom stereocenters. The molecule has 25 heavy (non-hydrogen) atoms. The van der Waals surface area contributed by atoms with Crippen LogP contribution in [0.1, 0.15) is 48.0 Å². The number of rotatable bonds is 11. The van der Waals surface area contributed by atoms with E-state index in [2.05, 4.69) is 0 Å². The number of hydrogen-bond acceptors (Lipinski definition) is 7. The number of hydrogen-bond donors (Lipinski definition) is 0. The highest BCUT2D eigenvalue weighted by atomic mass is 32.2. The van der Waals surface area contributed by atoms with Gasteiger partial charge in [-0.25, -0.2) is 0 Å². The highest BCUT2D eigenvalue weighted by Crippen LogP contribution is 2.24. The second-order valence-corrected chi connectivity index (χ2v) is 8.77. The van der Waals surface area contributed by atoms with Crippen molar-refractivity contribution in [2.75, 3.05) is 19.9 Å². The van der Waals surface area contributed by atoms with Crippen molar-refractivity contribution in [1.82, 2.24) is 4.90 Å². The minimum atomic E-state index is -3.53. The summed E-state index contributed by atoms with van der Waals surface area (Å²) in [5.41, 5.74) is 0. The van der Waals surface area contributed by atoms with Gasteiger partial charge in [0.1, 0.15) is 12.1 Å². The first-order chi connectivity index (χ1) is 11.3. The van der Waals surface area contributed by atoms with Crippen LogP contribution in [0.5, 0.6) is 0 Å². The molecule has 148 valence electrons. The standard InChI is InChI=1S/C17H33NO6S/c1-11(2)16(20)15(18(7)12(3)4)17(24-14(6)19)13(5)9-10-23-25(8,21)22/h11-13,15,17H,9-10H2,1-8H3/t13-,15?,17-/m1/s1. The molecular weight excluding hydrogens is 346 g/mol. The number of esters is 1. The summed E-state index contributed by atoms with van der Waals surface area (Å²) in [6.45, 7) is 10.7. The van der Waals surface area contributed by atoms with E-state index in [4.69, 9.17) is 8.92 Å². The van der Waals surface area contributed by atoms with Crippen LogP contribution >= 0.6 is 0 Å². The molecule has 0 bridgehead atoms. The topological polar surface area (TPSA) is 90.0 Å². The van der Waals surface area contributed by atoms with E-state index in [1.165, 1.54) is 6.92 Å². The van der Waals surface area contributed by atoms with Gasteiger partial charge in [-0.2, -0.15) is 8.42 Å². The lowest BCUT2D eigenvalue weighted by Gasteiger charge is -2.38. The van der Waals surface area contributed by atoms with Crippen LogP contribution in [0.3, 0.4) is 0 Å². The Morgan fingerprint density at radius 3 is 1.96 bits per heavy atom. The monoisotopic (exact) mass is 379 g/mol. The molecule has 3 atom stereocenters. The zero-order valence-electron chi connectivity index (χ0n) is 16.6. The maximum Gasteiger partial charge on any atom is 0.302 e. The molecule has 0 aliphatic rings. The highest BCUT2D eigenvalue weighted by Gasteiger charge is 2.39. The van der Waals surface area contributed by atoms with Gasteiger partial charge in [0.05, 0.1) is 12.9 Å². The average Bonchev–Trinajstić information content (AvgIpc) is 2.43. The quantitative estimate of drug-likeness (QED) is 0.400. The van der Waals surface area contributed by atoms with Gasteiger partial charge in [-0.05, 0) is 33.2 Å². The lowest BCUT2D eigenvalue weighted by Crippen LogP contribution is -2.54. The summed E-state index contributed by atoms with van der Waals surface area (Å²) in [4.78, 5) is 26.3. The predicted molar refractivity (Wildman–Crippen MR) is 96.7 cm³/mol. The molecule has 0 aromatic rings. The van der Waals surface area contributed by atoms with Gasteiger partial charge in [0.15, 0.2) is 5.78 Å². The van der Waals surface area contributed by atoms with Crippen LogP contribution in [0.25, 0.3) is 0 Å². The zero-order chi connectivity index (χ0) is 19.9. The first kappa shape index (κ1) is 24.0. The molecule has 0 spiro atoms. The fourth-order valence-corrected chi connectivity index (χ4v) is 2.89. The molecule has 0 N–H and O–H groups in total. The second kappa shape index (κ2) is 10.2. The minimum Gasteiger partial charge on any atom is -0.460 e. The van der Waals surface area contributed by atoms with E-state index in [9.17, 15) is 18.0 Å². The van der Waals surface area contributed by atoms with Gasteiger partial charge in [0.2, 0.25) is 0 Å². The number of ether oxygens (including phenoxy) is 1. The van der Waals surface area contributed by atoms with Crippen LogP contribution in [-0.2, 0) is 28.6 Å². The molecule has 0 heterocycles. The van der Waals surface area contributed by atoms with E-state index in [-0.39, 0.29) is 30.3 Å². The first-order valence-corrected chi connectivity index (χ1v) is 10.4. The number of ketones is 1. The van der Waals surface area contributed by atoms with Gasteiger partial charge in [-0.15, -0.1) is 0 Å². The van der Waals surface area contributed by atoms with Crippen molar-refractivity contribution in [3.05, 3.63) is 0 Å². The van der Waals surface area contributed by atoms with E-state index >= 15 is 0 Å². The third-order valence-corrected chi connectivity index (χ3v) is 4.75. The largest absolute Gasteiger partial charge is 0.460 e. The third-order valence-electron chi connectivity index (χ3n) is 4.16. The molecule has 0 aromatic carbocycles. The molecule has 0 rings (SSSR count). The molecule has 0 aliphatic heterocycles. The molecule has 8 heteroatoms. The highest BCUT2D eigenvalue weighted by molar-refractivity contribution is 7.85. The Labute approximate surface area is 152 Å². The van der Waals surface area contributed by atoms with Gasteiger partial charge in [-0.1, -0.05) is 20.8 Å².